The molecule has 0 aliphatic heterocycles. The number of sulfonamides is 1. The van der Waals surface area contributed by atoms with Gasteiger partial charge in [-0.05, 0) is 52.3 Å². The van der Waals surface area contributed by atoms with E-state index in [1.165, 1.54) is 4.31 Å². The van der Waals surface area contributed by atoms with Crippen molar-refractivity contribution < 1.29 is 8.42 Å². The quantitative estimate of drug-likeness (QED) is 0.608. The summed E-state index contributed by atoms with van der Waals surface area (Å²) in [7, 11) is -3.60. The van der Waals surface area contributed by atoms with Gasteiger partial charge in [0.25, 0.3) is 0 Å². The standard InChI is InChI=1S/C19H25NO2S/c1-7-16(2)15-20(14-8-13-19(4,5)6)23(21,22)18-11-9-17(3)10-12-18/h9-12H,1,14-15H2,2-6H3. The Morgan fingerprint density at radius 1 is 1.22 bits per heavy atom. The number of nitrogens with zero attached hydrogens (tertiary/aromatic N) is 1. The third-order valence-electron chi connectivity index (χ3n) is 3.09. The van der Waals surface area contributed by atoms with E-state index in [9.17, 15) is 8.42 Å². The molecule has 0 saturated carbocycles. The predicted molar refractivity (Wildman–Crippen MR) is 95.5 cm³/mol. The van der Waals surface area contributed by atoms with Crippen molar-refractivity contribution in [1.29, 1.82) is 0 Å². The monoisotopic (exact) mass is 331 g/mol. The van der Waals surface area contributed by atoms with Crippen molar-refractivity contribution in [3.63, 3.8) is 0 Å². The van der Waals surface area contributed by atoms with E-state index in [1.54, 1.807) is 24.3 Å². The minimum atomic E-state index is -3.60. The van der Waals surface area contributed by atoms with E-state index in [4.69, 9.17) is 0 Å². The molecule has 3 nitrogen and oxygen atoms in total. The minimum Gasteiger partial charge on any atom is -0.207 e. The lowest BCUT2D eigenvalue weighted by atomic mass is 9.98. The SMILES string of the molecule is C=C=C(C)CN(CC#CC(C)(C)C)S(=O)(=O)c1ccc(C)cc1. The second-order valence-electron chi connectivity index (χ2n) is 6.60. The Morgan fingerprint density at radius 2 is 1.78 bits per heavy atom. The van der Waals surface area contributed by atoms with E-state index in [2.05, 4.69) is 24.2 Å². The lowest BCUT2D eigenvalue weighted by Gasteiger charge is -2.20. The first-order valence-electron chi connectivity index (χ1n) is 7.48. The van der Waals surface area contributed by atoms with Crippen LogP contribution in [0.2, 0.25) is 0 Å². The molecular formula is C19H25NO2S. The van der Waals surface area contributed by atoms with Crippen LogP contribution in [0, 0.1) is 24.2 Å². The minimum absolute atomic E-state index is 0.145. The Labute approximate surface area is 140 Å². The van der Waals surface area contributed by atoms with E-state index >= 15 is 0 Å². The average Bonchev–Trinajstić information content (AvgIpc) is 2.45. The maximum atomic E-state index is 12.8. The van der Waals surface area contributed by atoms with Crippen molar-refractivity contribution in [1.82, 2.24) is 4.31 Å². The van der Waals surface area contributed by atoms with Crippen LogP contribution in [0.5, 0.6) is 0 Å². The molecule has 0 bridgehead atoms. The van der Waals surface area contributed by atoms with E-state index in [0.29, 0.717) is 0 Å². The van der Waals surface area contributed by atoms with Crippen molar-refractivity contribution in [2.24, 2.45) is 5.41 Å². The summed E-state index contributed by atoms with van der Waals surface area (Å²) in [5.41, 5.74) is 4.36. The summed E-state index contributed by atoms with van der Waals surface area (Å²) in [6.07, 6.45) is 0. The molecule has 0 aromatic heterocycles. The molecule has 0 heterocycles. The van der Waals surface area contributed by atoms with Crippen LogP contribution in [0.3, 0.4) is 0 Å². The number of rotatable bonds is 5. The molecule has 0 radical (unpaired) electrons. The summed E-state index contributed by atoms with van der Waals surface area (Å²) in [5, 5.41) is 0. The zero-order valence-electron chi connectivity index (χ0n) is 14.6. The highest BCUT2D eigenvalue weighted by Crippen LogP contribution is 2.17. The third kappa shape index (κ3) is 6.08. The number of aryl methyl sites for hydroxylation is 1. The molecule has 0 aliphatic carbocycles. The number of hydrogen-bond acceptors (Lipinski definition) is 2. The molecule has 0 spiro atoms. The van der Waals surface area contributed by atoms with Gasteiger partial charge in [0.1, 0.15) is 0 Å². The highest BCUT2D eigenvalue weighted by Gasteiger charge is 2.24. The van der Waals surface area contributed by atoms with Gasteiger partial charge in [0, 0.05) is 12.0 Å². The van der Waals surface area contributed by atoms with Crippen LogP contribution in [0.4, 0.5) is 0 Å². The van der Waals surface area contributed by atoms with E-state index in [0.717, 1.165) is 11.1 Å². The van der Waals surface area contributed by atoms with Gasteiger partial charge in [0.15, 0.2) is 0 Å². The van der Waals surface area contributed by atoms with E-state index in [-0.39, 0.29) is 23.4 Å². The summed E-state index contributed by atoms with van der Waals surface area (Å²) < 4.78 is 27.1. The van der Waals surface area contributed by atoms with E-state index in [1.807, 2.05) is 34.6 Å². The van der Waals surface area contributed by atoms with Crippen LogP contribution in [-0.2, 0) is 10.0 Å². The molecule has 1 aromatic rings. The van der Waals surface area contributed by atoms with Gasteiger partial charge in [-0.25, -0.2) is 8.42 Å². The molecule has 0 fully saturated rings. The molecule has 23 heavy (non-hydrogen) atoms. The molecule has 0 unspecified atom stereocenters. The second-order valence-corrected chi connectivity index (χ2v) is 8.53. The highest BCUT2D eigenvalue weighted by atomic mass is 32.2. The van der Waals surface area contributed by atoms with Crippen molar-refractivity contribution >= 4 is 10.0 Å². The summed E-state index contributed by atoms with van der Waals surface area (Å²) in [4.78, 5) is 0.275. The summed E-state index contributed by atoms with van der Waals surface area (Å²) in [6.45, 7) is 13.7. The van der Waals surface area contributed by atoms with Crippen LogP contribution in [0.1, 0.15) is 33.3 Å². The largest absolute Gasteiger partial charge is 0.244 e. The van der Waals surface area contributed by atoms with Gasteiger partial charge in [-0.3, -0.25) is 0 Å². The van der Waals surface area contributed by atoms with Crippen LogP contribution in [0.25, 0.3) is 0 Å². The number of benzene rings is 1. The first kappa shape index (κ1) is 19.3. The first-order valence-corrected chi connectivity index (χ1v) is 8.92. The summed E-state index contributed by atoms with van der Waals surface area (Å²) in [6, 6.07) is 6.84. The second kappa shape index (κ2) is 7.66. The van der Waals surface area contributed by atoms with Gasteiger partial charge in [-0.15, -0.1) is 5.73 Å². The van der Waals surface area contributed by atoms with Crippen molar-refractivity contribution in [2.45, 2.75) is 39.5 Å². The maximum absolute atomic E-state index is 12.8. The first-order chi connectivity index (χ1) is 10.6. The summed E-state index contributed by atoms with van der Waals surface area (Å²) >= 11 is 0. The zero-order chi connectivity index (χ0) is 17.7. The number of hydrogen-bond donors (Lipinski definition) is 0. The van der Waals surface area contributed by atoms with E-state index < -0.39 is 10.0 Å². The predicted octanol–water partition coefficient (Wildman–Crippen LogP) is 3.77. The normalized spacial score (nSPS) is 11.6. The van der Waals surface area contributed by atoms with Crippen molar-refractivity contribution in [3.8, 4) is 11.8 Å². The van der Waals surface area contributed by atoms with Crippen LogP contribution >= 0.6 is 0 Å². The molecule has 1 aromatic carbocycles. The molecule has 0 amide bonds. The zero-order valence-corrected chi connectivity index (χ0v) is 15.4. The lowest BCUT2D eigenvalue weighted by Crippen LogP contribution is -2.33. The third-order valence-corrected chi connectivity index (χ3v) is 4.90. The molecule has 4 heteroatoms. The molecule has 0 N–H and O–H groups in total. The Hall–Kier alpha value is -1.79. The Balaban J connectivity index is 3.18. The van der Waals surface area contributed by atoms with Gasteiger partial charge in [-0.2, -0.15) is 4.31 Å². The van der Waals surface area contributed by atoms with Gasteiger partial charge in [-0.1, -0.05) is 36.1 Å². The van der Waals surface area contributed by atoms with Crippen molar-refractivity contribution in [3.05, 3.63) is 47.7 Å². The lowest BCUT2D eigenvalue weighted by molar-refractivity contribution is 0.470. The molecule has 124 valence electrons. The fourth-order valence-electron chi connectivity index (χ4n) is 1.80. The Kier molecular flexibility index (Phi) is 6.41. The molecule has 0 atom stereocenters. The van der Waals surface area contributed by atoms with Gasteiger partial charge in [0.05, 0.1) is 11.4 Å². The maximum Gasteiger partial charge on any atom is 0.244 e. The van der Waals surface area contributed by atoms with Crippen LogP contribution in [-0.4, -0.2) is 25.8 Å². The fraction of sp³-hybridized carbons (Fsp3) is 0.421. The average molecular weight is 331 g/mol. The summed E-state index contributed by atoms with van der Waals surface area (Å²) in [5.74, 6) is 6.05. The molecule has 0 saturated heterocycles. The topological polar surface area (TPSA) is 37.4 Å². The van der Waals surface area contributed by atoms with Crippen LogP contribution < -0.4 is 0 Å². The molecule has 0 aliphatic rings. The van der Waals surface area contributed by atoms with Crippen LogP contribution in [0.15, 0.2) is 47.0 Å². The van der Waals surface area contributed by atoms with Gasteiger partial charge < -0.3 is 0 Å². The Morgan fingerprint density at radius 3 is 2.26 bits per heavy atom. The van der Waals surface area contributed by atoms with Gasteiger partial charge >= 0.3 is 0 Å². The van der Waals surface area contributed by atoms with Gasteiger partial charge in [0.2, 0.25) is 10.0 Å². The highest BCUT2D eigenvalue weighted by molar-refractivity contribution is 7.89. The molecule has 1 rings (SSSR count). The fourth-order valence-corrected chi connectivity index (χ4v) is 3.17. The molecular weight excluding hydrogens is 306 g/mol. The Bertz CT molecular complexity index is 750. The van der Waals surface area contributed by atoms with Crippen molar-refractivity contribution in [2.75, 3.05) is 13.1 Å². The smallest absolute Gasteiger partial charge is 0.207 e.